The maximum Gasteiger partial charge on any atom is 0.0838 e. The van der Waals surface area contributed by atoms with Crippen LogP contribution >= 0.6 is 0 Å². The summed E-state index contributed by atoms with van der Waals surface area (Å²) in [5.41, 5.74) is -0.108. The molecule has 0 saturated carbocycles. The van der Waals surface area contributed by atoms with Crippen LogP contribution in [0.25, 0.3) is 0 Å². The number of aliphatic hydroxyl groups excluding tert-OH is 1. The second kappa shape index (κ2) is 3.85. The topological polar surface area (TPSA) is 32.6 Å². The van der Waals surface area contributed by atoms with Gasteiger partial charge < -0.3 is 5.11 Å². The molecule has 0 amide bonds. The molecule has 0 fully saturated rings. The molecular weight excluding hydrogens is 150 g/mol. The summed E-state index contributed by atoms with van der Waals surface area (Å²) in [6.45, 7) is 4.56. The fraction of sp³-hybridized carbons (Fsp3) is 0.700. The first-order valence-corrected chi connectivity index (χ1v) is 4.59. The first-order chi connectivity index (χ1) is 5.75. The number of hydrogen-bond acceptors (Lipinski definition) is 2. The lowest BCUT2D eigenvalue weighted by molar-refractivity contribution is 0.226. The molecule has 0 aliphatic carbocycles. The van der Waals surface area contributed by atoms with Gasteiger partial charge in [-0.2, -0.15) is 0 Å². The summed E-state index contributed by atoms with van der Waals surface area (Å²) in [5, 5.41) is 8.93. The van der Waals surface area contributed by atoms with E-state index in [2.05, 4.69) is 24.9 Å². The van der Waals surface area contributed by atoms with E-state index in [9.17, 15) is 0 Å². The molecule has 1 N–H and O–H groups in total. The molecule has 1 aliphatic heterocycles. The minimum Gasteiger partial charge on any atom is -0.396 e. The third-order valence-corrected chi connectivity index (χ3v) is 2.76. The number of allylic oxidation sites excluding steroid dienone is 1. The molecule has 0 aromatic carbocycles. The van der Waals surface area contributed by atoms with Gasteiger partial charge in [0, 0.05) is 12.8 Å². The van der Waals surface area contributed by atoms with E-state index < -0.39 is 0 Å². The molecule has 12 heavy (non-hydrogen) atoms. The largest absolute Gasteiger partial charge is 0.396 e. The van der Waals surface area contributed by atoms with Crippen LogP contribution in [0.2, 0.25) is 0 Å². The van der Waals surface area contributed by atoms with Crippen LogP contribution in [0.5, 0.6) is 0 Å². The lowest BCUT2D eigenvalue weighted by Crippen LogP contribution is -2.31. The van der Waals surface area contributed by atoms with Crippen LogP contribution in [0.15, 0.2) is 17.1 Å². The monoisotopic (exact) mass is 167 g/mol. The van der Waals surface area contributed by atoms with Gasteiger partial charge in [-0.15, -0.1) is 0 Å². The van der Waals surface area contributed by atoms with Gasteiger partial charge in [-0.05, 0) is 18.4 Å². The summed E-state index contributed by atoms with van der Waals surface area (Å²) in [6, 6.07) is 0. The molecule has 2 nitrogen and oxygen atoms in total. The van der Waals surface area contributed by atoms with Crippen molar-refractivity contribution in [3.63, 3.8) is 0 Å². The van der Waals surface area contributed by atoms with Gasteiger partial charge in [0.2, 0.25) is 0 Å². The summed E-state index contributed by atoms with van der Waals surface area (Å²) in [7, 11) is 0. The van der Waals surface area contributed by atoms with E-state index in [-0.39, 0.29) is 12.1 Å². The first-order valence-electron chi connectivity index (χ1n) is 4.59. The Morgan fingerprint density at radius 3 is 2.75 bits per heavy atom. The Kier molecular flexibility index (Phi) is 3.04. The Hall–Kier alpha value is -0.630. The first kappa shape index (κ1) is 9.46. The minimum absolute atomic E-state index is 0.108. The normalized spacial score (nSPS) is 29.6. The van der Waals surface area contributed by atoms with Gasteiger partial charge in [-0.1, -0.05) is 26.3 Å². The molecule has 0 saturated heterocycles. The zero-order chi connectivity index (χ0) is 9.03. The average Bonchev–Trinajstić information content (AvgIpc) is 2.53. The quantitative estimate of drug-likeness (QED) is 0.680. The number of aliphatic hydroxyl groups is 1. The van der Waals surface area contributed by atoms with Crippen LogP contribution in [0, 0.1) is 5.92 Å². The van der Waals surface area contributed by atoms with Gasteiger partial charge in [0.05, 0.1) is 5.54 Å². The molecule has 1 rings (SSSR count). The highest BCUT2D eigenvalue weighted by Crippen LogP contribution is 2.31. The van der Waals surface area contributed by atoms with Crippen LogP contribution in [0.1, 0.15) is 26.7 Å². The van der Waals surface area contributed by atoms with E-state index in [0.717, 1.165) is 12.8 Å². The van der Waals surface area contributed by atoms with Crippen molar-refractivity contribution in [2.24, 2.45) is 10.9 Å². The molecular formula is C10H17NO. The van der Waals surface area contributed by atoms with Crippen molar-refractivity contribution in [3.05, 3.63) is 12.2 Å². The summed E-state index contributed by atoms with van der Waals surface area (Å²) < 4.78 is 0. The predicted molar refractivity (Wildman–Crippen MR) is 51.5 cm³/mol. The Morgan fingerprint density at radius 2 is 2.33 bits per heavy atom. The lowest BCUT2D eigenvalue weighted by atomic mass is 9.82. The van der Waals surface area contributed by atoms with Gasteiger partial charge in [0.25, 0.3) is 0 Å². The predicted octanol–water partition coefficient (Wildman–Crippen LogP) is 1.79. The third-order valence-electron chi connectivity index (χ3n) is 2.76. The van der Waals surface area contributed by atoms with Crippen LogP contribution in [0.3, 0.4) is 0 Å². The van der Waals surface area contributed by atoms with E-state index in [1.807, 2.05) is 12.3 Å². The highest BCUT2D eigenvalue weighted by molar-refractivity contribution is 5.75. The Labute approximate surface area is 74.0 Å². The number of rotatable bonds is 4. The summed E-state index contributed by atoms with van der Waals surface area (Å²) in [6.07, 6.45) is 7.76. The summed E-state index contributed by atoms with van der Waals surface area (Å²) in [4.78, 5) is 4.43. The van der Waals surface area contributed by atoms with Gasteiger partial charge >= 0.3 is 0 Å². The SMILES string of the molecule is CCC(C)C1(CCO)C=CC=N1. The van der Waals surface area contributed by atoms with Crippen molar-refractivity contribution in [1.82, 2.24) is 0 Å². The summed E-state index contributed by atoms with van der Waals surface area (Å²) >= 11 is 0. The summed E-state index contributed by atoms with van der Waals surface area (Å²) in [5.74, 6) is 0.514. The van der Waals surface area contributed by atoms with E-state index in [1.165, 1.54) is 0 Å². The molecule has 0 aromatic rings. The minimum atomic E-state index is -0.108. The van der Waals surface area contributed by atoms with Crippen molar-refractivity contribution < 1.29 is 5.11 Å². The molecule has 68 valence electrons. The number of hydrogen-bond donors (Lipinski definition) is 1. The Balaban J connectivity index is 2.73. The van der Waals surface area contributed by atoms with Gasteiger partial charge in [0.15, 0.2) is 0 Å². The van der Waals surface area contributed by atoms with E-state index in [1.54, 1.807) is 0 Å². The molecule has 0 bridgehead atoms. The van der Waals surface area contributed by atoms with Crippen molar-refractivity contribution in [3.8, 4) is 0 Å². The zero-order valence-electron chi connectivity index (χ0n) is 7.83. The van der Waals surface area contributed by atoms with Gasteiger partial charge in [-0.25, -0.2) is 0 Å². The van der Waals surface area contributed by atoms with E-state index in [0.29, 0.717) is 5.92 Å². The molecule has 1 aliphatic rings. The van der Waals surface area contributed by atoms with Crippen molar-refractivity contribution in [1.29, 1.82) is 0 Å². The fourth-order valence-corrected chi connectivity index (χ4v) is 1.65. The van der Waals surface area contributed by atoms with Crippen molar-refractivity contribution in [2.75, 3.05) is 6.61 Å². The standard InChI is InChI=1S/C10H17NO/c1-3-9(2)10(6-8-12)5-4-7-11-10/h4-5,7,9,12H,3,6,8H2,1-2H3. The van der Waals surface area contributed by atoms with E-state index >= 15 is 0 Å². The second-order valence-electron chi connectivity index (χ2n) is 3.41. The van der Waals surface area contributed by atoms with Crippen LogP contribution < -0.4 is 0 Å². The lowest BCUT2D eigenvalue weighted by Gasteiger charge is -2.29. The van der Waals surface area contributed by atoms with Crippen LogP contribution in [-0.2, 0) is 0 Å². The maximum atomic E-state index is 8.93. The molecule has 0 radical (unpaired) electrons. The zero-order valence-corrected chi connectivity index (χ0v) is 7.83. The molecule has 0 spiro atoms. The highest BCUT2D eigenvalue weighted by atomic mass is 16.3. The third kappa shape index (κ3) is 1.58. The Bertz CT molecular complexity index is 184. The second-order valence-corrected chi connectivity index (χ2v) is 3.41. The van der Waals surface area contributed by atoms with Gasteiger partial charge in [-0.3, -0.25) is 4.99 Å². The molecule has 2 unspecified atom stereocenters. The number of aliphatic imine (C=N–C) groups is 1. The van der Waals surface area contributed by atoms with Crippen molar-refractivity contribution >= 4 is 6.21 Å². The maximum absolute atomic E-state index is 8.93. The van der Waals surface area contributed by atoms with Gasteiger partial charge in [0.1, 0.15) is 0 Å². The number of nitrogens with zero attached hydrogens (tertiary/aromatic N) is 1. The molecule has 2 heteroatoms. The van der Waals surface area contributed by atoms with E-state index in [4.69, 9.17) is 5.11 Å². The highest BCUT2D eigenvalue weighted by Gasteiger charge is 2.32. The Morgan fingerprint density at radius 1 is 1.58 bits per heavy atom. The fourth-order valence-electron chi connectivity index (χ4n) is 1.65. The molecule has 2 atom stereocenters. The average molecular weight is 167 g/mol. The van der Waals surface area contributed by atoms with Crippen molar-refractivity contribution in [2.45, 2.75) is 32.2 Å². The van der Waals surface area contributed by atoms with Crippen LogP contribution in [0.4, 0.5) is 0 Å². The molecule has 1 heterocycles. The van der Waals surface area contributed by atoms with Crippen LogP contribution in [-0.4, -0.2) is 23.5 Å². The smallest absolute Gasteiger partial charge is 0.0838 e. The molecule has 0 aromatic heterocycles.